The number of rotatable bonds is 66. The van der Waals surface area contributed by atoms with E-state index in [1.165, 1.54) is 270 Å². The van der Waals surface area contributed by atoms with E-state index in [4.69, 9.17) is 27.8 Å². The molecule has 0 amide bonds. The minimum absolute atomic E-state index is 0.161. The quantitative estimate of drug-likeness (QED) is 0.0236. The zero-order chi connectivity index (χ0) is 74.9. The number of esters is 3. The molecule has 103 heavy (non-hydrogen) atoms. The molecular weight excluding hydrogens is 1290 g/mol. The fourth-order valence-corrected chi connectivity index (χ4v) is 15.0. The average molecular weight is 1450 g/mol. The third-order valence-corrected chi connectivity index (χ3v) is 21.7. The van der Waals surface area contributed by atoms with E-state index in [2.05, 4.69) is 101 Å². The Morgan fingerprint density at radius 1 is 0.262 bits per heavy atom. The van der Waals surface area contributed by atoms with Crippen LogP contribution in [0.4, 0.5) is 0 Å². The van der Waals surface area contributed by atoms with Gasteiger partial charge < -0.3 is 27.8 Å². The molecule has 10 heteroatoms. The summed E-state index contributed by atoms with van der Waals surface area (Å²) in [6.07, 6.45) is 65.5. The number of benzene rings is 3. The maximum absolute atomic E-state index is 13.1. The molecule has 0 fully saturated rings. The van der Waals surface area contributed by atoms with Crippen LogP contribution < -0.4 is 13.6 Å². The maximum atomic E-state index is 13.1. The normalized spacial score (nSPS) is 12.0. The Bertz CT molecular complexity index is 2310. The Kier molecular flexibility index (Phi) is 53.3. The fourth-order valence-electron chi connectivity index (χ4n) is 14.0. The van der Waals surface area contributed by atoms with Gasteiger partial charge in [0, 0.05) is 36.0 Å². The number of ether oxygens (including phenoxy) is 3. The standard InChI is InChI=1S/C93H159O9P/c1-13-16-19-22-25-28-31-34-37-40-43-46-49-52-55-58-73-97-88(94)70-64-79-61-67-85(82(76-79)91(4,5)6)100-103(101-86-68-62-80(77-83(86)92(7,8)9)65-71-89(95)98-74-59-56-53-50-47-44-41-38-35-32-29-26-23-20-17-14-2)102-87-69-63-81(78-84(87)93(10,11)12)66-72-90(96)99-75-60-57-54-51-48-45-42-39-36-33-30-27-24-21-18-15-3/h61-63,67-69,76-78H,13-60,64-66,70-75H2,1-12H3. The monoisotopic (exact) mass is 1450 g/mol. The molecule has 3 rings (SSSR count). The Labute approximate surface area is 636 Å². The van der Waals surface area contributed by atoms with Crippen molar-refractivity contribution in [2.75, 3.05) is 19.8 Å². The first kappa shape index (κ1) is 93.1. The second-order valence-electron chi connectivity index (χ2n) is 33.8. The van der Waals surface area contributed by atoms with Crippen molar-refractivity contribution in [3.63, 3.8) is 0 Å². The van der Waals surface area contributed by atoms with Crippen molar-refractivity contribution in [1.82, 2.24) is 0 Å². The van der Waals surface area contributed by atoms with Gasteiger partial charge in [-0.15, -0.1) is 0 Å². The van der Waals surface area contributed by atoms with Crippen LogP contribution in [0.2, 0.25) is 0 Å². The molecule has 0 aliphatic carbocycles. The summed E-state index contributed by atoms with van der Waals surface area (Å²) in [5.41, 5.74) is 5.03. The van der Waals surface area contributed by atoms with Gasteiger partial charge in [-0.3, -0.25) is 14.4 Å². The lowest BCUT2D eigenvalue weighted by Crippen LogP contribution is -2.17. The predicted octanol–water partition coefficient (Wildman–Crippen LogP) is 29.6. The van der Waals surface area contributed by atoms with Crippen LogP contribution in [0.1, 0.15) is 444 Å². The summed E-state index contributed by atoms with van der Waals surface area (Å²) < 4.78 is 38.5. The largest absolute Gasteiger partial charge is 0.530 e. The van der Waals surface area contributed by atoms with E-state index in [1.54, 1.807) is 0 Å². The van der Waals surface area contributed by atoms with E-state index in [9.17, 15) is 14.4 Å². The zero-order valence-corrected chi connectivity index (χ0v) is 70.0. The molecule has 3 aromatic rings. The van der Waals surface area contributed by atoms with Crippen LogP contribution in [-0.2, 0) is 64.1 Å². The first-order valence-corrected chi connectivity index (χ1v) is 44.6. The molecule has 9 nitrogen and oxygen atoms in total. The van der Waals surface area contributed by atoms with Gasteiger partial charge in [-0.25, -0.2) is 0 Å². The topological polar surface area (TPSA) is 107 Å². The number of carbonyl (C=O) groups excluding carboxylic acids is 3. The lowest BCUT2D eigenvalue weighted by Gasteiger charge is -2.29. The summed E-state index contributed by atoms with van der Waals surface area (Å²) in [4.78, 5) is 39.4. The van der Waals surface area contributed by atoms with Gasteiger partial charge in [0.25, 0.3) is 0 Å². The van der Waals surface area contributed by atoms with Gasteiger partial charge in [-0.2, -0.15) is 0 Å². The molecule has 0 heterocycles. The van der Waals surface area contributed by atoms with E-state index >= 15 is 0 Å². The minimum atomic E-state index is -2.15. The van der Waals surface area contributed by atoms with Crippen LogP contribution in [0, 0.1) is 0 Å². The number of hydrogen-bond acceptors (Lipinski definition) is 9. The lowest BCUT2D eigenvalue weighted by atomic mass is 9.85. The zero-order valence-electron chi connectivity index (χ0n) is 69.1. The molecule has 0 saturated carbocycles. The number of unbranched alkanes of at least 4 members (excludes halogenated alkanes) is 45. The molecule has 0 atom stereocenters. The molecular formula is C93H159O9P. The summed E-state index contributed by atoms with van der Waals surface area (Å²) in [6, 6.07) is 18.6. The van der Waals surface area contributed by atoms with Crippen LogP contribution in [0.15, 0.2) is 54.6 Å². The van der Waals surface area contributed by atoms with Crippen molar-refractivity contribution >= 4 is 26.5 Å². The first-order valence-electron chi connectivity index (χ1n) is 43.5. The molecule has 3 aromatic carbocycles. The third kappa shape index (κ3) is 48.0. The maximum Gasteiger partial charge on any atom is 0.530 e. The highest BCUT2D eigenvalue weighted by molar-refractivity contribution is 7.43. The molecule has 0 aliphatic rings. The van der Waals surface area contributed by atoms with Gasteiger partial charge in [-0.05, 0) is 89.7 Å². The van der Waals surface area contributed by atoms with Gasteiger partial charge in [-0.1, -0.05) is 408 Å². The second kappa shape index (κ2) is 58.9. The molecule has 0 aliphatic heterocycles. The van der Waals surface area contributed by atoms with Crippen molar-refractivity contribution < 1.29 is 42.2 Å². The number of hydrogen-bond donors (Lipinski definition) is 0. The van der Waals surface area contributed by atoms with Gasteiger partial charge in [0.15, 0.2) is 0 Å². The molecule has 0 radical (unpaired) electrons. The smallest absolute Gasteiger partial charge is 0.466 e. The molecule has 0 spiro atoms. The van der Waals surface area contributed by atoms with Crippen molar-refractivity contribution in [2.45, 2.75) is 446 Å². The highest BCUT2D eigenvalue weighted by Crippen LogP contribution is 2.49. The highest BCUT2D eigenvalue weighted by atomic mass is 31.2. The van der Waals surface area contributed by atoms with E-state index in [0.717, 1.165) is 71.9 Å². The summed E-state index contributed by atoms with van der Waals surface area (Å²) in [7, 11) is -2.15. The Hall–Kier alpha value is -4.10. The predicted molar refractivity (Wildman–Crippen MR) is 441 cm³/mol. The molecule has 0 unspecified atom stereocenters. The van der Waals surface area contributed by atoms with Crippen LogP contribution >= 0.6 is 8.60 Å². The fraction of sp³-hybridized carbons (Fsp3) is 0.774. The average Bonchev–Trinajstić information content (AvgIpc) is 0.800. The first-order chi connectivity index (χ1) is 49.7. The van der Waals surface area contributed by atoms with E-state index in [0.29, 0.717) is 75.6 Å². The molecule has 0 saturated heterocycles. The highest BCUT2D eigenvalue weighted by Gasteiger charge is 2.31. The van der Waals surface area contributed by atoms with Crippen molar-refractivity contribution in [1.29, 1.82) is 0 Å². The van der Waals surface area contributed by atoms with Crippen molar-refractivity contribution in [3.8, 4) is 17.2 Å². The van der Waals surface area contributed by atoms with E-state index in [1.807, 2.05) is 36.4 Å². The van der Waals surface area contributed by atoms with Gasteiger partial charge in [0.05, 0.1) is 19.8 Å². The number of aryl methyl sites for hydroxylation is 3. The van der Waals surface area contributed by atoms with Crippen LogP contribution in [0.25, 0.3) is 0 Å². The van der Waals surface area contributed by atoms with Crippen molar-refractivity contribution in [3.05, 3.63) is 88.0 Å². The van der Waals surface area contributed by atoms with Crippen molar-refractivity contribution in [2.24, 2.45) is 0 Å². The van der Waals surface area contributed by atoms with Gasteiger partial charge in [0.1, 0.15) is 17.2 Å². The summed E-state index contributed by atoms with van der Waals surface area (Å²) in [5, 5.41) is 0. The Morgan fingerprint density at radius 3 is 0.612 bits per heavy atom. The molecule has 0 N–H and O–H groups in total. The molecule has 590 valence electrons. The summed E-state index contributed by atoms with van der Waals surface area (Å²) in [5.74, 6) is 1.46. The number of carbonyl (C=O) groups is 3. The molecule has 0 aromatic heterocycles. The van der Waals surface area contributed by atoms with Gasteiger partial charge in [0.2, 0.25) is 0 Å². The van der Waals surface area contributed by atoms with Gasteiger partial charge >= 0.3 is 26.5 Å². The van der Waals surface area contributed by atoms with Crippen LogP contribution in [0.5, 0.6) is 17.2 Å². The van der Waals surface area contributed by atoms with E-state index < -0.39 is 8.60 Å². The van der Waals surface area contributed by atoms with Crippen LogP contribution in [-0.4, -0.2) is 37.7 Å². The Balaban J connectivity index is 1.65. The second-order valence-corrected chi connectivity index (χ2v) is 34.8. The summed E-state index contributed by atoms with van der Waals surface area (Å²) in [6.45, 7) is 27.9. The third-order valence-electron chi connectivity index (χ3n) is 20.7. The minimum Gasteiger partial charge on any atom is -0.466 e. The SMILES string of the molecule is CCCCCCCCCCCCCCCCCCOC(=O)CCc1ccc(OP(Oc2ccc(CCC(=O)OCCCCCCCCCCCCCCCCCC)cc2C(C)(C)C)Oc2ccc(CCC(=O)OCCCCCCCCCCCCCCCCCC)cc2C(C)(C)C)c(C(C)(C)C)c1. The van der Waals surface area contributed by atoms with E-state index in [-0.39, 0.29) is 34.2 Å². The summed E-state index contributed by atoms with van der Waals surface area (Å²) >= 11 is 0. The van der Waals surface area contributed by atoms with Crippen LogP contribution in [0.3, 0.4) is 0 Å². The Morgan fingerprint density at radius 2 is 0.437 bits per heavy atom. The lowest BCUT2D eigenvalue weighted by molar-refractivity contribution is -0.144. The molecule has 0 bridgehead atoms.